The van der Waals surface area contributed by atoms with E-state index in [2.05, 4.69) is 28.2 Å². The Bertz CT molecular complexity index is 553. The van der Waals surface area contributed by atoms with Crippen LogP contribution in [0.15, 0.2) is 39.2 Å². The molecule has 0 fully saturated rings. The van der Waals surface area contributed by atoms with Crippen molar-refractivity contribution < 1.29 is 4.42 Å². The van der Waals surface area contributed by atoms with Gasteiger partial charge in [-0.05, 0) is 49.7 Å². The third-order valence-electron chi connectivity index (χ3n) is 2.92. The molecule has 0 spiro atoms. The first-order valence-electron chi connectivity index (χ1n) is 6.36. The molecule has 102 valence electrons. The van der Waals surface area contributed by atoms with E-state index in [0.29, 0.717) is 0 Å². The zero-order valence-corrected chi connectivity index (χ0v) is 13.4. The van der Waals surface area contributed by atoms with Crippen LogP contribution in [0.5, 0.6) is 0 Å². The lowest BCUT2D eigenvalue weighted by Gasteiger charge is -2.18. The van der Waals surface area contributed by atoms with Crippen molar-refractivity contribution in [1.82, 2.24) is 5.32 Å². The SMILES string of the molecule is CCCNC(c1ccc(C)o1)c1ccc(Br)cc1Cl. The van der Waals surface area contributed by atoms with Crippen LogP contribution in [0.3, 0.4) is 0 Å². The predicted molar refractivity (Wildman–Crippen MR) is 82.7 cm³/mol. The van der Waals surface area contributed by atoms with Crippen molar-refractivity contribution in [3.8, 4) is 0 Å². The highest BCUT2D eigenvalue weighted by Gasteiger charge is 2.19. The van der Waals surface area contributed by atoms with Gasteiger partial charge in [0.15, 0.2) is 0 Å². The van der Waals surface area contributed by atoms with Crippen LogP contribution in [0.2, 0.25) is 5.02 Å². The Balaban J connectivity index is 2.36. The molecule has 2 rings (SSSR count). The lowest BCUT2D eigenvalue weighted by molar-refractivity contribution is 0.430. The smallest absolute Gasteiger partial charge is 0.125 e. The second kappa shape index (κ2) is 6.60. The fourth-order valence-electron chi connectivity index (χ4n) is 2.00. The van der Waals surface area contributed by atoms with Gasteiger partial charge in [-0.2, -0.15) is 0 Å². The number of aryl methyl sites for hydroxylation is 1. The van der Waals surface area contributed by atoms with Crippen molar-refractivity contribution in [2.24, 2.45) is 0 Å². The fraction of sp³-hybridized carbons (Fsp3) is 0.333. The van der Waals surface area contributed by atoms with E-state index in [4.69, 9.17) is 16.0 Å². The van der Waals surface area contributed by atoms with E-state index >= 15 is 0 Å². The number of furan rings is 1. The molecule has 0 saturated carbocycles. The summed E-state index contributed by atoms with van der Waals surface area (Å²) in [6.45, 7) is 5.00. The minimum absolute atomic E-state index is 0.00532. The Kier molecular flexibility index (Phi) is 5.08. The Morgan fingerprint density at radius 1 is 1.32 bits per heavy atom. The van der Waals surface area contributed by atoms with Gasteiger partial charge >= 0.3 is 0 Å². The lowest BCUT2D eigenvalue weighted by atomic mass is 10.0. The van der Waals surface area contributed by atoms with E-state index in [1.807, 2.05) is 37.3 Å². The molecule has 1 N–H and O–H groups in total. The van der Waals surface area contributed by atoms with Crippen molar-refractivity contribution in [2.45, 2.75) is 26.3 Å². The topological polar surface area (TPSA) is 25.2 Å². The summed E-state index contributed by atoms with van der Waals surface area (Å²) in [5.41, 5.74) is 1.03. The van der Waals surface area contributed by atoms with Crippen LogP contribution < -0.4 is 5.32 Å². The Hall–Kier alpha value is -0.770. The van der Waals surface area contributed by atoms with Crippen molar-refractivity contribution in [3.05, 3.63) is 56.9 Å². The summed E-state index contributed by atoms with van der Waals surface area (Å²) in [6.07, 6.45) is 1.06. The standard InChI is InChI=1S/C15H17BrClNO/c1-3-8-18-15(14-7-4-10(2)19-14)12-6-5-11(16)9-13(12)17/h4-7,9,15,18H,3,8H2,1-2H3. The van der Waals surface area contributed by atoms with Gasteiger partial charge in [0.25, 0.3) is 0 Å². The minimum atomic E-state index is -0.00532. The largest absolute Gasteiger partial charge is 0.464 e. The summed E-state index contributed by atoms with van der Waals surface area (Å²) in [5, 5.41) is 4.22. The highest BCUT2D eigenvalue weighted by molar-refractivity contribution is 9.10. The van der Waals surface area contributed by atoms with Crippen molar-refractivity contribution in [1.29, 1.82) is 0 Å². The van der Waals surface area contributed by atoms with Gasteiger partial charge in [-0.15, -0.1) is 0 Å². The molecule has 0 aliphatic heterocycles. The van der Waals surface area contributed by atoms with Crippen LogP contribution in [-0.2, 0) is 0 Å². The van der Waals surface area contributed by atoms with Gasteiger partial charge in [0.05, 0.1) is 6.04 Å². The zero-order valence-electron chi connectivity index (χ0n) is 11.0. The molecule has 1 atom stereocenters. The third-order valence-corrected chi connectivity index (χ3v) is 3.74. The van der Waals surface area contributed by atoms with Crippen LogP contribution in [0.4, 0.5) is 0 Å². The van der Waals surface area contributed by atoms with Crippen LogP contribution >= 0.6 is 27.5 Å². The number of rotatable bonds is 5. The van der Waals surface area contributed by atoms with E-state index in [-0.39, 0.29) is 6.04 Å². The normalized spacial score (nSPS) is 12.6. The maximum Gasteiger partial charge on any atom is 0.125 e. The number of benzene rings is 1. The summed E-state index contributed by atoms with van der Waals surface area (Å²) >= 11 is 9.78. The minimum Gasteiger partial charge on any atom is -0.464 e. The first-order valence-corrected chi connectivity index (χ1v) is 7.53. The number of halogens is 2. The molecule has 0 radical (unpaired) electrons. The molecular weight excluding hydrogens is 326 g/mol. The van der Waals surface area contributed by atoms with Gasteiger partial charge in [-0.3, -0.25) is 0 Å². The molecule has 1 aromatic heterocycles. The molecule has 1 unspecified atom stereocenters. The number of hydrogen-bond acceptors (Lipinski definition) is 2. The summed E-state index contributed by atoms with van der Waals surface area (Å²) in [6, 6.07) is 9.90. The highest BCUT2D eigenvalue weighted by Crippen LogP contribution is 2.31. The van der Waals surface area contributed by atoms with Crippen molar-refractivity contribution in [3.63, 3.8) is 0 Å². The highest BCUT2D eigenvalue weighted by atomic mass is 79.9. The monoisotopic (exact) mass is 341 g/mol. The van der Waals surface area contributed by atoms with Crippen LogP contribution in [0, 0.1) is 6.92 Å². The van der Waals surface area contributed by atoms with Gasteiger partial charge in [-0.1, -0.05) is 40.5 Å². The fourth-order valence-corrected chi connectivity index (χ4v) is 2.78. The first-order chi connectivity index (χ1) is 9.11. The van der Waals surface area contributed by atoms with E-state index in [1.165, 1.54) is 0 Å². The van der Waals surface area contributed by atoms with E-state index in [9.17, 15) is 0 Å². The van der Waals surface area contributed by atoms with Gasteiger partial charge in [0.1, 0.15) is 11.5 Å². The second-order valence-electron chi connectivity index (χ2n) is 4.50. The van der Waals surface area contributed by atoms with Gasteiger partial charge in [0, 0.05) is 9.50 Å². The summed E-state index contributed by atoms with van der Waals surface area (Å²) in [7, 11) is 0. The van der Waals surface area contributed by atoms with Crippen molar-refractivity contribution >= 4 is 27.5 Å². The van der Waals surface area contributed by atoms with E-state index in [1.54, 1.807) is 0 Å². The molecule has 0 aliphatic rings. The molecule has 1 heterocycles. The predicted octanol–water partition coefficient (Wildman–Crippen LogP) is 5.09. The molecule has 0 saturated heterocycles. The molecular formula is C15H17BrClNO. The summed E-state index contributed by atoms with van der Waals surface area (Å²) in [4.78, 5) is 0. The average Bonchev–Trinajstić information content (AvgIpc) is 2.78. The Morgan fingerprint density at radius 2 is 2.11 bits per heavy atom. The van der Waals surface area contributed by atoms with E-state index in [0.717, 1.165) is 39.5 Å². The molecule has 2 nitrogen and oxygen atoms in total. The lowest BCUT2D eigenvalue weighted by Crippen LogP contribution is -2.23. The van der Waals surface area contributed by atoms with Gasteiger partial charge < -0.3 is 9.73 Å². The molecule has 1 aromatic carbocycles. The zero-order chi connectivity index (χ0) is 13.8. The third kappa shape index (κ3) is 3.62. The van der Waals surface area contributed by atoms with Crippen LogP contribution in [0.25, 0.3) is 0 Å². The summed E-state index contributed by atoms with van der Waals surface area (Å²) < 4.78 is 6.73. The quantitative estimate of drug-likeness (QED) is 0.818. The molecule has 19 heavy (non-hydrogen) atoms. The van der Waals surface area contributed by atoms with Gasteiger partial charge in [-0.25, -0.2) is 0 Å². The number of nitrogens with one attached hydrogen (secondary N) is 1. The maximum absolute atomic E-state index is 6.35. The summed E-state index contributed by atoms with van der Waals surface area (Å²) in [5.74, 6) is 1.81. The Labute approximate surface area is 127 Å². The van der Waals surface area contributed by atoms with Crippen molar-refractivity contribution in [2.75, 3.05) is 6.54 Å². The molecule has 4 heteroatoms. The Morgan fingerprint density at radius 3 is 2.68 bits per heavy atom. The average molecular weight is 343 g/mol. The molecule has 0 amide bonds. The second-order valence-corrected chi connectivity index (χ2v) is 5.82. The molecule has 0 aliphatic carbocycles. The van der Waals surface area contributed by atoms with Crippen LogP contribution in [-0.4, -0.2) is 6.54 Å². The number of hydrogen-bond donors (Lipinski definition) is 1. The molecule has 2 aromatic rings. The van der Waals surface area contributed by atoms with Crippen LogP contribution in [0.1, 0.15) is 36.5 Å². The molecule has 0 bridgehead atoms. The first kappa shape index (κ1) is 14.6. The van der Waals surface area contributed by atoms with Gasteiger partial charge in [0.2, 0.25) is 0 Å². The van der Waals surface area contributed by atoms with E-state index < -0.39 is 0 Å². The maximum atomic E-state index is 6.35.